The Morgan fingerprint density at radius 3 is 2.68 bits per heavy atom. The van der Waals surface area contributed by atoms with Crippen LogP contribution in [0.2, 0.25) is 0 Å². The predicted octanol–water partition coefficient (Wildman–Crippen LogP) is 5.51. The number of aliphatic carboxylic acids is 1. The van der Waals surface area contributed by atoms with Crippen molar-refractivity contribution in [3.05, 3.63) is 67.0 Å². The van der Waals surface area contributed by atoms with Crippen LogP contribution in [0.5, 0.6) is 0 Å². The van der Waals surface area contributed by atoms with Crippen molar-refractivity contribution in [1.29, 1.82) is 0 Å². The average molecular weight is 513 g/mol. The third kappa shape index (κ3) is 3.84. The van der Waals surface area contributed by atoms with Gasteiger partial charge in [-0.05, 0) is 61.8 Å². The van der Waals surface area contributed by atoms with Crippen LogP contribution in [0.3, 0.4) is 0 Å². The summed E-state index contributed by atoms with van der Waals surface area (Å²) in [5.74, 6) is 0.746. The van der Waals surface area contributed by atoms with Gasteiger partial charge in [-0.25, -0.2) is 19.3 Å². The van der Waals surface area contributed by atoms with E-state index in [0.29, 0.717) is 45.6 Å². The van der Waals surface area contributed by atoms with Crippen LogP contribution in [0.1, 0.15) is 25.7 Å². The lowest BCUT2D eigenvalue weighted by Gasteiger charge is -2.47. The van der Waals surface area contributed by atoms with Gasteiger partial charge in [0.2, 0.25) is 5.88 Å². The van der Waals surface area contributed by atoms with Crippen LogP contribution in [-0.2, 0) is 4.79 Å². The van der Waals surface area contributed by atoms with E-state index in [1.165, 1.54) is 6.07 Å². The normalized spacial score (nSPS) is 22.7. The van der Waals surface area contributed by atoms with Gasteiger partial charge in [0.1, 0.15) is 23.0 Å². The van der Waals surface area contributed by atoms with Crippen molar-refractivity contribution in [3.63, 3.8) is 0 Å². The highest BCUT2D eigenvalue weighted by molar-refractivity contribution is 5.92. The summed E-state index contributed by atoms with van der Waals surface area (Å²) >= 11 is 0. The summed E-state index contributed by atoms with van der Waals surface area (Å²) in [4.78, 5) is 29.0. The summed E-state index contributed by atoms with van der Waals surface area (Å²) < 4.78 is 22.1. The van der Waals surface area contributed by atoms with Crippen LogP contribution >= 0.6 is 0 Å². The number of aromatic nitrogens is 5. The van der Waals surface area contributed by atoms with Gasteiger partial charge in [-0.1, -0.05) is 0 Å². The lowest BCUT2D eigenvalue weighted by molar-refractivity contribution is -0.148. The van der Waals surface area contributed by atoms with Crippen molar-refractivity contribution in [2.24, 2.45) is 17.8 Å². The summed E-state index contributed by atoms with van der Waals surface area (Å²) in [5.41, 5.74) is 1.64. The molecule has 5 heterocycles. The molecule has 0 saturated heterocycles. The van der Waals surface area contributed by atoms with E-state index in [4.69, 9.17) is 14.4 Å². The maximum Gasteiger partial charge on any atom is 0.308 e. The van der Waals surface area contributed by atoms with E-state index in [0.717, 1.165) is 31.9 Å². The van der Waals surface area contributed by atoms with Crippen molar-refractivity contribution in [3.8, 4) is 28.7 Å². The lowest BCUT2D eigenvalue weighted by Crippen LogP contribution is -2.51. The molecule has 2 unspecified atom stereocenters. The number of nitrogens with one attached hydrogen (secondary N) is 2. The number of carbonyl (C=O) groups is 1. The minimum absolute atomic E-state index is 0.160. The van der Waals surface area contributed by atoms with Crippen molar-refractivity contribution >= 4 is 22.8 Å². The molecule has 3 N–H and O–H groups in total. The van der Waals surface area contributed by atoms with Gasteiger partial charge < -0.3 is 19.8 Å². The Labute approximate surface area is 216 Å². The second kappa shape index (κ2) is 8.83. The number of carboxylic acid groups (broad SMARTS) is 1. The molecule has 3 aliphatic rings. The number of pyridine rings is 1. The molecule has 2 bridgehead atoms. The number of hydrogen-bond acceptors (Lipinski definition) is 6. The number of rotatable bonds is 6. The SMILES string of the molecule is O=C(O)C1C2CCC(CC2)C1Nc1cc(-c2ccc(-n3cccc3)o2)nc(-c2c[nH]c3ncc(F)cc23)n1. The lowest BCUT2D eigenvalue weighted by atomic mass is 9.61. The number of halogens is 1. The Bertz CT molecular complexity index is 1630. The van der Waals surface area contributed by atoms with Crippen LogP contribution in [-0.4, -0.2) is 41.6 Å². The molecule has 8 rings (SSSR count). The van der Waals surface area contributed by atoms with Crippen LogP contribution in [0.25, 0.3) is 39.8 Å². The number of fused-ring (bicyclic) bond motifs is 4. The number of nitrogens with zero attached hydrogens (tertiary/aromatic N) is 4. The summed E-state index contributed by atoms with van der Waals surface area (Å²) in [6, 6.07) is 10.5. The summed E-state index contributed by atoms with van der Waals surface area (Å²) in [6.07, 6.45) is 10.5. The Morgan fingerprint density at radius 1 is 1.11 bits per heavy atom. The highest BCUT2D eigenvalue weighted by Crippen LogP contribution is 2.46. The number of carboxylic acids is 1. The molecular weight excluding hydrogens is 487 g/mol. The van der Waals surface area contributed by atoms with Gasteiger partial charge in [-0.2, -0.15) is 0 Å². The standard InChI is InChI=1S/C28H25FN6O3/c29-17-11-18-19(14-31-26(18)30-13-17)27-32-20(21-7-8-23(38-21)35-9-1-2-10-35)12-22(34-27)33-25-16-5-3-15(4-6-16)24(25)28(36)37/h1-2,7-16,24-25H,3-6H2,(H,30,31)(H,36,37)(H,32,33,34). The Kier molecular flexibility index (Phi) is 5.27. The van der Waals surface area contributed by atoms with Gasteiger partial charge in [-0.3, -0.25) is 9.36 Å². The predicted molar refractivity (Wildman–Crippen MR) is 138 cm³/mol. The molecule has 0 amide bonds. The summed E-state index contributed by atoms with van der Waals surface area (Å²) in [5, 5.41) is 14.1. The Morgan fingerprint density at radius 2 is 1.89 bits per heavy atom. The first-order valence-electron chi connectivity index (χ1n) is 12.8. The maximum absolute atomic E-state index is 14.1. The molecule has 5 aromatic heterocycles. The van der Waals surface area contributed by atoms with Crippen molar-refractivity contribution < 1.29 is 18.7 Å². The summed E-state index contributed by atoms with van der Waals surface area (Å²) in [7, 11) is 0. The first-order chi connectivity index (χ1) is 18.5. The molecule has 10 heteroatoms. The number of aromatic amines is 1. The molecule has 38 heavy (non-hydrogen) atoms. The first-order valence-corrected chi connectivity index (χ1v) is 12.8. The van der Waals surface area contributed by atoms with Gasteiger partial charge in [0, 0.05) is 47.7 Å². The smallest absolute Gasteiger partial charge is 0.308 e. The zero-order valence-corrected chi connectivity index (χ0v) is 20.3. The molecular formula is C28H25FN6O3. The molecule has 3 saturated carbocycles. The number of H-pyrrole nitrogens is 1. The third-order valence-corrected chi connectivity index (χ3v) is 7.99. The molecule has 3 aliphatic carbocycles. The zero-order valence-electron chi connectivity index (χ0n) is 20.3. The highest BCUT2D eigenvalue weighted by Gasteiger charge is 2.47. The fourth-order valence-corrected chi connectivity index (χ4v) is 6.20. The van der Waals surface area contributed by atoms with Crippen molar-refractivity contribution in [1.82, 2.24) is 24.5 Å². The molecule has 0 aliphatic heterocycles. The fourth-order valence-electron chi connectivity index (χ4n) is 6.20. The molecule has 5 aromatic rings. The van der Waals surface area contributed by atoms with Crippen molar-refractivity contribution in [2.45, 2.75) is 31.7 Å². The Balaban J connectivity index is 1.33. The van der Waals surface area contributed by atoms with E-state index in [9.17, 15) is 14.3 Å². The average Bonchev–Trinajstić information content (AvgIpc) is 3.69. The first kappa shape index (κ1) is 22.7. The molecule has 0 aromatic carbocycles. The van der Waals surface area contributed by atoms with Gasteiger partial charge in [0.05, 0.1) is 12.1 Å². The zero-order chi connectivity index (χ0) is 25.8. The van der Waals surface area contributed by atoms with E-state index < -0.39 is 17.7 Å². The number of furan rings is 1. The van der Waals surface area contributed by atoms with Gasteiger partial charge in [-0.15, -0.1) is 0 Å². The maximum atomic E-state index is 14.1. The van der Waals surface area contributed by atoms with E-state index in [1.807, 2.05) is 41.2 Å². The van der Waals surface area contributed by atoms with Crippen LogP contribution in [0.4, 0.5) is 10.2 Å². The minimum Gasteiger partial charge on any atom is -0.481 e. The quantitative estimate of drug-likeness (QED) is 0.274. The Hall–Kier alpha value is -4.47. The molecule has 0 radical (unpaired) electrons. The topological polar surface area (TPSA) is 122 Å². The molecule has 2 atom stereocenters. The van der Waals surface area contributed by atoms with Crippen molar-refractivity contribution in [2.75, 3.05) is 5.32 Å². The van der Waals surface area contributed by atoms with Gasteiger partial charge in [0.25, 0.3) is 0 Å². The fraction of sp³-hybridized carbons (Fsp3) is 0.286. The third-order valence-electron chi connectivity index (χ3n) is 7.99. The highest BCUT2D eigenvalue weighted by atomic mass is 19.1. The van der Waals surface area contributed by atoms with Crippen LogP contribution < -0.4 is 5.32 Å². The molecule has 9 nitrogen and oxygen atoms in total. The van der Waals surface area contributed by atoms with Crippen LogP contribution in [0.15, 0.2) is 65.6 Å². The van der Waals surface area contributed by atoms with E-state index in [-0.39, 0.29) is 17.9 Å². The second-order valence-electron chi connectivity index (χ2n) is 10.2. The minimum atomic E-state index is -0.771. The second-order valence-corrected chi connectivity index (χ2v) is 10.2. The largest absolute Gasteiger partial charge is 0.481 e. The van der Waals surface area contributed by atoms with E-state index in [1.54, 1.807) is 12.3 Å². The monoisotopic (exact) mass is 512 g/mol. The van der Waals surface area contributed by atoms with E-state index in [2.05, 4.69) is 15.3 Å². The molecule has 3 fully saturated rings. The molecule has 192 valence electrons. The number of hydrogen-bond donors (Lipinski definition) is 3. The molecule has 0 spiro atoms. The van der Waals surface area contributed by atoms with Crippen LogP contribution in [0, 0.1) is 23.6 Å². The van der Waals surface area contributed by atoms with E-state index >= 15 is 0 Å². The van der Waals surface area contributed by atoms with Gasteiger partial charge in [0.15, 0.2) is 11.6 Å². The number of anilines is 1. The summed E-state index contributed by atoms with van der Waals surface area (Å²) in [6.45, 7) is 0. The van der Waals surface area contributed by atoms with Gasteiger partial charge >= 0.3 is 5.97 Å².